The summed E-state index contributed by atoms with van der Waals surface area (Å²) in [7, 11) is 0. The predicted octanol–water partition coefficient (Wildman–Crippen LogP) is 3.55. The van der Waals surface area contributed by atoms with Gasteiger partial charge in [-0.15, -0.1) is 0 Å². The fraction of sp³-hybridized carbons (Fsp3) is 0.263. The Morgan fingerprint density at radius 1 is 1.14 bits per heavy atom. The van der Waals surface area contributed by atoms with Gasteiger partial charge in [-0.2, -0.15) is 13.2 Å². The molecule has 0 fully saturated rings. The topological polar surface area (TPSA) is 73.9 Å². The van der Waals surface area contributed by atoms with Crippen LogP contribution in [0.5, 0.6) is 11.5 Å². The molecule has 0 aliphatic carbocycles. The number of alkyl halides is 3. The largest absolute Gasteiger partial charge is 0.454 e. The molecular formula is C19H16F3NO5. The van der Waals surface area contributed by atoms with E-state index >= 15 is 0 Å². The number of anilines is 1. The van der Waals surface area contributed by atoms with Crippen LogP contribution >= 0.6 is 0 Å². The second-order valence-electron chi connectivity index (χ2n) is 6.06. The molecule has 1 aliphatic rings. The Hall–Kier alpha value is -3.23. The van der Waals surface area contributed by atoms with Crippen molar-refractivity contribution in [2.24, 2.45) is 0 Å². The lowest BCUT2D eigenvalue weighted by atomic mass is 10.1. The molecule has 3 rings (SSSR count). The summed E-state index contributed by atoms with van der Waals surface area (Å²) in [5, 5.41) is 2.57. The van der Waals surface area contributed by atoms with Gasteiger partial charge in [0.05, 0.1) is 12.0 Å². The van der Waals surface area contributed by atoms with Gasteiger partial charge in [-0.3, -0.25) is 9.59 Å². The molecular weight excluding hydrogens is 379 g/mol. The van der Waals surface area contributed by atoms with E-state index in [1.54, 1.807) is 18.2 Å². The molecule has 0 saturated carbocycles. The van der Waals surface area contributed by atoms with Crippen LogP contribution in [0.15, 0.2) is 42.5 Å². The Labute approximate surface area is 158 Å². The van der Waals surface area contributed by atoms with Crippen molar-refractivity contribution in [3.05, 3.63) is 53.6 Å². The molecule has 0 radical (unpaired) electrons. The summed E-state index contributed by atoms with van der Waals surface area (Å²) in [5.41, 5.74) is -0.287. The molecule has 1 N–H and O–H groups in total. The minimum absolute atomic E-state index is 0.0935. The number of esters is 1. The Balaban J connectivity index is 1.56. The monoisotopic (exact) mass is 395 g/mol. The SMILES string of the molecule is C[C@H](OC(=O)Cc1cccc(C(F)(F)F)c1)C(=O)Nc1ccc2c(c1)OCO2. The van der Waals surface area contributed by atoms with Gasteiger partial charge in [0.15, 0.2) is 17.6 Å². The van der Waals surface area contributed by atoms with Crippen molar-refractivity contribution >= 4 is 17.6 Å². The normalized spacial score (nSPS) is 13.7. The molecule has 1 heterocycles. The number of nitrogens with one attached hydrogen (secondary N) is 1. The van der Waals surface area contributed by atoms with Crippen molar-refractivity contribution < 1.29 is 37.0 Å². The molecule has 148 valence electrons. The molecule has 28 heavy (non-hydrogen) atoms. The Bertz CT molecular complexity index is 897. The molecule has 6 nitrogen and oxygen atoms in total. The van der Waals surface area contributed by atoms with E-state index in [0.717, 1.165) is 12.1 Å². The maximum absolute atomic E-state index is 12.7. The van der Waals surface area contributed by atoms with Gasteiger partial charge < -0.3 is 19.5 Å². The number of benzene rings is 2. The Kier molecular flexibility index (Phi) is 5.43. The third-order valence-electron chi connectivity index (χ3n) is 3.92. The first-order valence-corrected chi connectivity index (χ1v) is 8.28. The fourth-order valence-electron chi connectivity index (χ4n) is 2.53. The highest BCUT2D eigenvalue weighted by Crippen LogP contribution is 2.34. The lowest BCUT2D eigenvalue weighted by molar-refractivity contribution is -0.152. The lowest BCUT2D eigenvalue weighted by Gasteiger charge is -2.14. The van der Waals surface area contributed by atoms with Crippen LogP contribution in [0.25, 0.3) is 0 Å². The number of halogens is 3. The third-order valence-corrected chi connectivity index (χ3v) is 3.92. The van der Waals surface area contributed by atoms with Gasteiger partial charge >= 0.3 is 12.1 Å². The zero-order valence-corrected chi connectivity index (χ0v) is 14.7. The van der Waals surface area contributed by atoms with Crippen LogP contribution in [0.3, 0.4) is 0 Å². The molecule has 1 atom stereocenters. The van der Waals surface area contributed by atoms with E-state index in [-0.39, 0.29) is 18.8 Å². The maximum atomic E-state index is 12.7. The third kappa shape index (κ3) is 4.73. The number of hydrogen-bond acceptors (Lipinski definition) is 5. The standard InChI is InChI=1S/C19H16F3NO5/c1-11(18(25)23-14-5-6-15-16(9-14)27-10-26-15)28-17(24)8-12-3-2-4-13(7-12)19(20,21)22/h2-7,9,11H,8,10H2,1H3,(H,23,25)/t11-/m0/s1. The van der Waals surface area contributed by atoms with E-state index in [1.165, 1.54) is 19.1 Å². The van der Waals surface area contributed by atoms with Gasteiger partial charge in [-0.05, 0) is 30.7 Å². The summed E-state index contributed by atoms with van der Waals surface area (Å²) in [6.07, 6.45) is -6.02. The number of ether oxygens (including phenoxy) is 3. The highest BCUT2D eigenvalue weighted by atomic mass is 19.4. The van der Waals surface area contributed by atoms with E-state index in [1.807, 2.05) is 0 Å². The van der Waals surface area contributed by atoms with E-state index in [0.29, 0.717) is 17.2 Å². The van der Waals surface area contributed by atoms with E-state index < -0.39 is 29.7 Å². The first-order chi connectivity index (χ1) is 13.2. The summed E-state index contributed by atoms with van der Waals surface area (Å²) in [5.74, 6) is -0.366. The number of hydrogen-bond donors (Lipinski definition) is 1. The first-order valence-electron chi connectivity index (χ1n) is 8.28. The number of carbonyl (C=O) groups excluding carboxylic acids is 2. The average Bonchev–Trinajstić information content (AvgIpc) is 3.08. The maximum Gasteiger partial charge on any atom is 0.416 e. The number of amides is 1. The fourth-order valence-corrected chi connectivity index (χ4v) is 2.53. The summed E-state index contributed by atoms with van der Waals surface area (Å²) in [6.45, 7) is 1.46. The van der Waals surface area contributed by atoms with Gasteiger partial charge in [-0.1, -0.05) is 18.2 Å². The van der Waals surface area contributed by atoms with Crippen molar-refractivity contribution in [3.8, 4) is 11.5 Å². The summed E-state index contributed by atoms with van der Waals surface area (Å²) in [4.78, 5) is 24.2. The number of fused-ring (bicyclic) bond motifs is 1. The quantitative estimate of drug-likeness (QED) is 0.784. The zero-order chi connectivity index (χ0) is 20.3. The molecule has 9 heteroatoms. The van der Waals surface area contributed by atoms with Gasteiger partial charge in [0.1, 0.15) is 0 Å². The van der Waals surface area contributed by atoms with Crippen LogP contribution < -0.4 is 14.8 Å². The summed E-state index contributed by atoms with van der Waals surface area (Å²) in [6, 6.07) is 9.17. The second kappa shape index (κ2) is 7.79. The molecule has 2 aromatic carbocycles. The Morgan fingerprint density at radius 2 is 1.89 bits per heavy atom. The zero-order valence-electron chi connectivity index (χ0n) is 14.7. The van der Waals surface area contributed by atoms with Gasteiger partial charge in [0, 0.05) is 11.8 Å². The van der Waals surface area contributed by atoms with Crippen LogP contribution in [-0.2, 0) is 26.9 Å². The Morgan fingerprint density at radius 3 is 2.64 bits per heavy atom. The minimum atomic E-state index is -4.50. The van der Waals surface area contributed by atoms with Crippen LogP contribution in [-0.4, -0.2) is 24.8 Å². The number of rotatable bonds is 5. The predicted molar refractivity (Wildman–Crippen MR) is 91.9 cm³/mol. The lowest BCUT2D eigenvalue weighted by Crippen LogP contribution is -2.30. The van der Waals surface area contributed by atoms with Gasteiger partial charge in [-0.25, -0.2) is 0 Å². The van der Waals surface area contributed by atoms with Gasteiger partial charge in [0.2, 0.25) is 6.79 Å². The minimum Gasteiger partial charge on any atom is -0.454 e. The summed E-state index contributed by atoms with van der Waals surface area (Å²) >= 11 is 0. The second-order valence-corrected chi connectivity index (χ2v) is 6.06. The van der Waals surface area contributed by atoms with Crippen LogP contribution in [0.2, 0.25) is 0 Å². The van der Waals surface area contributed by atoms with Gasteiger partial charge in [0.25, 0.3) is 5.91 Å². The molecule has 1 aliphatic heterocycles. The molecule has 0 saturated heterocycles. The van der Waals surface area contributed by atoms with Crippen molar-refractivity contribution in [1.29, 1.82) is 0 Å². The first kappa shape index (κ1) is 19.5. The van der Waals surface area contributed by atoms with Crippen LogP contribution in [0, 0.1) is 0 Å². The molecule has 1 amide bonds. The highest BCUT2D eigenvalue weighted by molar-refractivity contribution is 5.95. The molecule has 0 aromatic heterocycles. The molecule has 0 spiro atoms. The van der Waals surface area contributed by atoms with E-state index in [2.05, 4.69) is 5.32 Å². The van der Waals surface area contributed by atoms with Crippen molar-refractivity contribution in [3.63, 3.8) is 0 Å². The number of carbonyl (C=O) groups is 2. The average molecular weight is 395 g/mol. The van der Waals surface area contributed by atoms with E-state index in [9.17, 15) is 22.8 Å². The van der Waals surface area contributed by atoms with E-state index in [4.69, 9.17) is 14.2 Å². The van der Waals surface area contributed by atoms with Crippen molar-refractivity contribution in [2.45, 2.75) is 25.6 Å². The van der Waals surface area contributed by atoms with Crippen LogP contribution in [0.1, 0.15) is 18.1 Å². The smallest absolute Gasteiger partial charge is 0.416 e. The molecule has 0 bridgehead atoms. The summed E-state index contributed by atoms with van der Waals surface area (Å²) < 4.78 is 53.6. The molecule has 2 aromatic rings. The van der Waals surface area contributed by atoms with Crippen LogP contribution in [0.4, 0.5) is 18.9 Å². The van der Waals surface area contributed by atoms with Crippen molar-refractivity contribution in [1.82, 2.24) is 0 Å². The van der Waals surface area contributed by atoms with Crippen molar-refractivity contribution in [2.75, 3.05) is 12.1 Å². The highest BCUT2D eigenvalue weighted by Gasteiger charge is 2.30. The molecule has 0 unspecified atom stereocenters.